The molecule has 11 heteroatoms. The van der Waals surface area contributed by atoms with E-state index >= 15 is 0 Å². The molecule has 0 spiro atoms. The minimum Gasteiger partial charge on any atom is -0.350 e. The highest BCUT2D eigenvalue weighted by atomic mass is 19.1. The zero-order chi connectivity index (χ0) is 25.9. The summed E-state index contributed by atoms with van der Waals surface area (Å²) in [7, 11) is 0. The van der Waals surface area contributed by atoms with Crippen molar-refractivity contribution in [2.45, 2.75) is 38.6 Å². The van der Waals surface area contributed by atoms with E-state index < -0.39 is 23.0 Å². The second-order valence-electron chi connectivity index (χ2n) is 9.97. The Hall–Kier alpha value is -4.28. The highest BCUT2D eigenvalue weighted by molar-refractivity contribution is 6.09. The third-order valence-electron chi connectivity index (χ3n) is 6.84. The number of rotatable bonds is 6. The number of hydrogen-bond donors (Lipinski definition) is 2. The van der Waals surface area contributed by atoms with E-state index in [1.54, 1.807) is 32.0 Å². The van der Waals surface area contributed by atoms with Crippen LogP contribution in [-0.4, -0.2) is 43.1 Å². The average Bonchev–Trinajstić information content (AvgIpc) is 3.59. The van der Waals surface area contributed by atoms with E-state index in [2.05, 4.69) is 30.7 Å². The molecule has 2 N–H and O–H groups in total. The number of nitrogens with one attached hydrogen (secondary N) is 2. The number of carbonyl (C=O) groups excluding carboxylic acids is 2. The fraction of sp³-hybridized carbons (Fsp3) is 0.308. The SMILES string of the molecule is CC1(C)C(=O)Nc2nc(-c3nn(Cc4ccccc4F)c4ncc(F)cc34)nc(C(=O)NCC3CC3)c21. The van der Waals surface area contributed by atoms with Crippen LogP contribution in [0.4, 0.5) is 14.6 Å². The highest BCUT2D eigenvalue weighted by Crippen LogP contribution is 2.40. The van der Waals surface area contributed by atoms with Crippen LogP contribution in [0.15, 0.2) is 36.5 Å². The number of carbonyl (C=O) groups is 2. The molecule has 0 unspecified atom stereocenters. The van der Waals surface area contributed by atoms with Crippen LogP contribution in [-0.2, 0) is 16.8 Å². The number of benzene rings is 1. The van der Waals surface area contributed by atoms with E-state index in [-0.39, 0.29) is 35.5 Å². The van der Waals surface area contributed by atoms with E-state index in [1.807, 2.05) is 0 Å². The van der Waals surface area contributed by atoms with Crippen LogP contribution in [0, 0.1) is 17.6 Å². The van der Waals surface area contributed by atoms with Crippen LogP contribution in [0.1, 0.15) is 48.3 Å². The Bertz CT molecular complexity index is 1590. The fourth-order valence-electron chi connectivity index (χ4n) is 4.53. The van der Waals surface area contributed by atoms with Crippen LogP contribution in [0.2, 0.25) is 0 Å². The summed E-state index contributed by atoms with van der Waals surface area (Å²) in [6.07, 6.45) is 3.17. The predicted octanol–water partition coefficient (Wildman–Crippen LogP) is 3.58. The molecule has 1 saturated carbocycles. The summed E-state index contributed by atoms with van der Waals surface area (Å²) in [5.41, 5.74) is 0.261. The van der Waals surface area contributed by atoms with Crippen molar-refractivity contribution in [3.63, 3.8) is 0 Å². The van der Waals surface area contributed by atoms with Gasteiger partial charge >= 0.3 is 0 Å². The van der Waals surface area contributed by atoms with Gasteiger partial charge in [-0.25, -0.2) is 28.4 Å². The maximum absolute atomic E-state index is 14.4. The molecule has 4 aromatic rings. The summed E-state index contributed by atoms with van der Waals surface area (Å²) in [4.78, 5) is 39.2. The first-order valence-electron chi connectivity index (χ1n) is 12.0. The minimum atomic E-state index is -1.03. The van der Waals surface area contributed by atoms with Gasteiger partial charge in [0.25, 0.3) is 5.91 Å². The first-order valence-corrected chi connectivity index (χ1v) is 12.0. The van der Waals surface area contributed by atoms with E-state index in [0.717, 1.165) is 19.0 Å². The lowest BCUT2D eigenvalue weighted by atomic mass is 9.85. The van der Waals surface area contributed by atoms with Gasteiger partial charge in [-0.1, -0.05) is 18.2 Å². The van der Waals surface area contributed by atoms with Gasteiger partial charge in [0.15, 0.2) is 11.5 Å². The van der Waals surface area contributed by atoms with Gasteiger partial charge in [0.2, 0.25) is 5.91 Å². The van der Waals surface area contributed by atoms with Gasteiger partial charge in [0, 0.05) is 17.7 Å². The molecule has 0 bridgehead atoms. The third-order valence-corrected chi connectivity index (χ3v) is 6.84. The van der Waals surface area contributed by atoms with Gasteiger partial charge in [0.1, 0.15) is 28.8 Å². The number of aromatic nitrogens is 5. The van der Waals surface area contributed by atoms with Crippen molar-refractivity contribution < 1.29 is 18.4 Å². The minimum absolute atomic E-state index is 0.0259. The van der Waals surface area contributed by atoms with Crippen molar-refractivity contribution in [3.8, 4) is 11.5 Å². The summed E-state index contributed by atoms with van der Waals surface area (Å²) < 4.78 is 30.1. The molecule has 1 fully saturated rings. The van der Waals surface area contributed by atoms with Crippen LogP contribution in [0.5, 0.6) is 0 Å². The molecule has 1 aliphatic carbocycles. The number of amides is 2. The second kappa shape index (κ2) is 8.39. The van der Waals surface area contributed by atoms with E-state index in [9.17, 15) is 18.4 Å². The van der Waals surface area contributed by atoms with Crippen molar-refractivity contribution in [1.82, 2.24) is 30.0 Å². The molecule has 0 radical (unpaired) electrons. The van der Waals surface area contributed by atoms with Crippen molar-refractivity contribution in [2.24, 2.45) is 5.92 Å². The highest BCUT2D eigenvalue weighted by Gasteiger charge is 2.44. The molecule has 3 aromatic heterocycles. The Morgan fingerprint density at radius 3 is 2.76 bits per heavy atom. The maximum Gasteiger partial charge on any atom is 0.270 e. The average molecular weight is 504 g/mol. The van der Waals surface area contributed by atoms with Gasteiger partial charge in [-0.05, 0) is 44.7 Å². The summed E-state index contributed by atoms with van der Waals surface area (Å²) in [5.74, 6) is -1.07. The molecule has 2 aliphatic rings. The zero-order valence-corrected chi connectivity index (χ0v) is 20.2. The number of anilines is 1. The molecular formula is C26H23F2N7O2. The number of hydrogen-bond acceptors (Lipinski definition) is 6. The number of nitrogens with zero attached hydrogens (tertiary/aromatic N) is 5. The number of pyridine rings is 1. The summed E-state index contributed by atoms with van der Waals surface area (Å²) in [5, 5.41) is 10.5. The molecule has 1 aromatic carbocycles. The van der Waals surface area contributed by atoms with E-state index in [4.69, 9.17) is 0 Å². The van der Waals surface area contributed by atoms with Gasteiger partial charge in [-0.15, -0.1) is 0 Å². The van der Waals surface area contributed by atoms with Gasteiger partial charge in [0.05, 0.1) is 23.5 Å². The standard InChI is InChI=1S/C26H23F2N7O2/c1-26(2)18-20(24(36)30-10-13-7-8-13)31-22(32-21(18)33-25(26)37)19-16-9-15(27)11-29-23(16)35(34-19)12-14-5-3-4-6-17(14)28/h3-6,9,11,13H,7-8,10,12H2,1-2H3,(H,30,36)(H,31,32,33,37). The molecule has 9 nitrogen and oxygen atoms in total. The Balaban J connectivity index is 1.51. The lowest BCUT2D eigenvalue weighted by molar-refractivity contribution is -0.119. The smallest absolute Gasteiger partial charge is 0.270 e. The zero-order valence-electron chi connectivity index (χ0n) is 20.2. The van der Waals surface area contributed by atoms with Gasteiger partial charge < -0.3 is 10.6 Å². The first-order chi connectivity index (χ1) is 17.7. The molecule has 1 aliphatic heterocycles. The molecule has 6 rings (SSSR count). The number of fused-ring (bicyclic) bond motifs is 2. The maximum atomic E-state index is 14.4. The van der Waals surface area contributed by atoms with Crippen molar-refractivity contribution in [3.05, 3.63) is 65.0 Å². The molecule has 2 amide bonds. The van der Waals surface area contributed by atoms with Gasteiger partial charge in [-0.3, -0.25) is 9.59 Å². The molecule has 188 valence electrons. The monoisotopic (exact) mass is 503 g/mol. The molecule has 4 heterocycles. The lowest BCUT2D eigenvalue weighted by Crippen LogP contribution is -2.32. The Morgan fingerprint density at radius 1 is 1.22 bits per heavy atom. The lowest BCUT2D eigenvalue weighted by Gasteiger charge is -2.18. The van der Waals surface area contributed by atoms with E-state index in [0.29, 0.717) is 34.6 Å². The van der Waals surface area contributed by atoms with E-state index in [1.165, 1.54) is 16.8 Å². The van der Waals surface area contributed by atoms with Crippen LogP contribution in [0.3, 0.4) is 0 Å². The predicted molar refractivity (Wildman–Crippen MR) is 131 cm³/mol. The quantitative estimate of drug-likeness (QED) is 0.416. The van der Waals surface area contributed by atoms with Crippen LogP contribution >= 0.6 is 0 Å². The summed E-state index contributed by atoms with van der Waals surface area (Å²) >= 11 is 0. The second-order valence-corrected chi connectivity index (χ2v) is 9.97. The molecular weight excluding hydrogens is 480 g/mol. The third kappa shape index (κ3) is 4.00. The Morgan fingerprint density at radius 2 is 2.00 bits per heavy atom. The molecule has 37 heavy (non-hydrogen) atoms. The molecule has 0 atom stereocenters. The first kappa shape index (κ1) is 23.1. The number of halogens is 2. The summed E-state index contributed by atoms with van der Waals surface area (Å²) in [6.45, 7) is 3.95. The normalized spacial score (nSPS) is 16.1. The Labute approximate surface area is 210 Å². The largest absolute Gasteiger partial charge is 0.350 e. The molecule has 0 saturated heterocycles. The van der Waals surface area contributed by atoms with Crippen LogP contribution < -0.4 is 10.6 Å². The van der Waals surface area contributed by atoms with Crippen molar-refractivity contribution in [2.75, 3.05) is 11.9 Å². The summed E-state index contributed by atoms with van der Waals surface area (Å²) in [6, 6.07) is 7.50. The topological polar surface area (TPSA) is 115 Å². The van der Waals surface area contributed by atoms with Crippen molar-refractivity contribution >= 4 is 28.7 Å². The fourth-order valence-corrected chi connectivity index (χ4v) is 4.53. The Kier molecular flexibility index (Phi) is 5.25. The van der Waals surface area contributed by atoms with Crippen LogP contribution in [0.25, 0.3) is 22.6 Å². The van der Waals surface area contributed by atoms with Gasteiger partial charge in [-0.2, -0.15) is 5.10 Å². The van der Waals surface area contributed by atoms with Crippen molar-refractivity contribution in [1.29, 1.82) is 0 Å².